The molecule has 24 heavy (non-hydrogen) atoms. The van der Waals surface area contributed by atoms with E-state index >= 15 is 0 Å². The Labute approximate surface area is 143 Å². The Morgan fingerprint density at radius 2 is 2.00 bits per heavy atom. The Kier molecular flexibility index (Phi) is 7.79. The number of carbonyl (C=O) groups is 2. The average Bonchev–Trinajstić information content (AvgIpc) is 3.23. The van der Waals surface area contributed by atoms with Crippen LogP contribution in [0.15, 0.2) is 16.9 Å². The van der Waals surface area contributed by atoms with Gasteiger partial charge < -0.3 is 14.7 Å². The Morgan fingerprint density at radius 3 is 2.67 bits per heavy atom. The maximum atomic E-state index is 12.4. The average molecular weight is 335 g/mol. The third kappa shape index (κ3) is 7.15. The summed E-state index contributed by atoms with van der Waals surface area (Å²) < 4.78 is 4.69. The van der Waals surface area contributed by atoms with Gasteiger partial charge in [-0.15, -0.1) is 0 Å². The number of anilines is 1. The molecule has 1 saturated carbocycles. The van der Waals surface area contributed by atoms with Crippen LogP contribution in [0.4, 0.5) is 5.82 Å². The molecule has 6 nitrogen and oxygen atoms in total. The van der Waals surface area contributed by atoms with E-state index in [0.717, 1.165) is 25.7 Å². The monoisotopic (exact) mass is 335 g/mol. The largest absolute Gasteiger partial charge is 0.363 e. The van der Waals surface area contributed by atoms with Gasteiger partial charge in [0.1, 0.15) is 6.26 Å². The van der Waals surface area contributed by atoms with Crippen LogP contribution in [-0.4, -0.2) is 35.0 Å². The number of hydrogen-bond donors (Lipinski definition) is 1. The minimum absolute atomic E-state index is 0.0905. The lowest BCUT2D eigenvalue weighted by Crippen LogP contribution is -2.39. The number of nitrogens with one attached hydrogen (secondary N) is 1. The third-order valence-corrected chi connectivity index (χ3v) is 4.31. The molecule has 134 valence electrons. The second kappa shape index (κ2) is 10.1. The standard InChI is InChI=1S/C18H29N3O3/c1-2-3-4-5-6-7-8-18(23)21(13-15-9-10-15)14-17(22)19-16-11-12-24-20-16/h11-12,15H,2-10,13-14H2,1H3,(H,19,20,22). The molecule has 0 atom stereocenters. The molecule has 2 rings (SSSR count). The lowest BCUT2D eigenvalue weighted by molar-refractivity contribution is -0.135. The molecule has 0 unspecified atom stereocenters. The van der Waals surface area contributed by atoms with Gasteiger partial charge in [0.25, 0.3) is 0 Å². The van der Waals surface area contributed by atoms with Crippen molar-refractivity contribution in [3.63, 3.8) is 0 Å². The van der Waals surface area contributed by atoms with Gasteiger partial charge in [-0.05, 0) is 25.2 Å². The molecule has 0 spiro atoms. The van der Waals surface area contributed by atoms with E-state index in [-0.39, 0.29) is 18.4 Å². The second-order valence-electron chi connectivity index (χ2n) is 6.67. The molecule has 0 aromatic carbocycles. The highest BCUT2D eigenvalue weighted by Gasteiger charge is 2.27. The predicted octanol–water partition coefficient (Wildman–Crippen LogP) is 3.60. The smallest absolute Gasteiger partial charge is 0.245 e. The molecule has 1 fully saturated rings. The SMILES string of the molecule is CCCCCCCCC(=O)N(CC(=O)Nc1ccon1)CC1CC1. The van der Waals surface area contributed by atoms with E-state index in [9.17, 15) is 9.59 Å². The molecule has 1 aliphatic carbocycles. The number of nitrogens with zero attached hydrogens (tertiary/aromatic N) is 2. The van der Waals surface area contributed by atoms with E-state index in [2.05, 4.69) is 17.4 Å². The lowest BCUT2D eigenvalue weighted by Gasteiger charge is -2.22. The fraction of sp³-hybridized carbons (Fsp3) is 0.722. The summed E-state index contributed by atoms with van der Waals surface area (Å²) >= 11 is 0. The third-order valence-electron chi connectivity index (χ3n) is 4.31. The van der Waals surface area contributed by atoms with Crippen LogP contribution in [0.5, 0.6) is 0 Å². The quantitative estimate of drug-likeness (QED) is 0.592. The van der Waals surface area contributed by atoms with Crippen molar-refractivity contribution in [2.75, 3.05) is 18.4 Å². The molecule has 2 amide bonds. The normalized spacial score (nSPS) is 13.7. The van der Waals surface area contributed by atoms with Crippen molar-refractivity contribution in [1.29, 1.82) is 0 Å². The first-order chi connectivity index (χ1) is 11.7. The molecule has 1 aliphatic rings. The van der Waals surface area contributed by atoms with Crippen LogP contribution in [0, 0.1) is 5.92 Å². The number of hydrogen-bond acceptors (Lipinski definition) is 4. The van der Waals surface area contributed by atoms with Gasteiger partial charge in [-0.1, -0.05) is 44.2 Å². The van der Waals surface area contributed by atoms with Crippen LogP contribution in [0.1, 0.15) is 64.7 Å². The van der Waals surface area contributed by atoms with Gasteiger partial charge in [0.05, 0.1) is 6.54 Å². The first-order valence-corrected chi connectivity index (χ1v) is 9.17. The van der Waals surface area contributed by atoms with E-state index in [4.69, 9.17) is 4.52 Å². The number of carbonyl (C=O) groups excluding carboxylic acids is 2. The van der Waals surface area contributed by atoms with E-state index in [0.29, 0.717) is 24.7 Å². The molecule has 1 aromatic heterocycles. The zero-order valence-corrected chi connectivity index (χ0v) is 14.6. The Hall–Kier alpha value is -1.85. The van der Waals surface area contributed by atoms with Crippen LogP contribution in [-0.2, 0) is 9.59 Å². The molecule has 1 aromatic rings. The van der Waals surface area contributed by atoms with Crippen molar-refractivity contribution in [3.8, 4) is 0 Å². The zero-order valence-electron chi connectivity index (χ0n) is 14.6. The summed E-state index contributed by atoms with van der Waals surface area (Å²) in [6.07, 6.45) is 11.2. The molecule has 0 bridgehead atoms. The molecule has 1 heterocycles. The van der Waals surface area contributed by atoms with E-state index in [1.165, 1.54) is 31.9 Å². The summed E-state index contributed by atoms with van der Waals surface area (Å²) in [4.78, 5) is 26.2. The minimum Gasteiger partial charge on any atom is -0.363 e. The highest BCUT2D eigenvalue weighted by molar-refractivity contribution is 5.93. The summed E-state index contributed by atoms with van der Waals surface area (Å²) in [6, 6.07) is 1.58. The predicted molar refractivity (Wildman–Crippen MR) is 92.4 cm³/mol. The van der Waals surface area contributed by atoms with Crippen LogP contribution >= 0.6 is 0 Å². The van der Waals surface area contributed by atoms with Crippen LogP contribution in [0.2, 0.25) is 0 Å². The van der Waals surface area contributed by atoms with Gasteiger partial charge in [-0.25, -0.2) is 0 Å². The highest BCUT2D eigenvalue weighted by Crippen LogP contribution is 2.30. The van der Waals surface area contributed by atoms with Crippen molar-refractivity contribution in [1.82, 2.24) is 10.1 Å². The van der Waals surface area contributed by atoms with Gasteiger partial charge in [-0.2, -0.15) is 0 Å². The Balaban J connectivity index is 1.72. The molecule has 0 aliphatic heterocycles. The molecule has 1 N–H and O–H groups in total. The van der Waals surface area contributed by atoms with Crippen LogP contribution < -0.4 is 5.32 Å². The van der Waals surface area contributed by atoms with Crippen LogP contribution in [0.3, 0.4) is 0 Å². The highest BCUT2D eigenvalue weighted by atomic mass is 16.5. The second-order valence-corrected chi connectivity index (χ2v) is 6.67. The topological polar surface area (TPSA) is 75.4 Å². The summed E-state index contributed by atoms with van der Waals surface area (Å²) in [5, 5.41) is 6.31. The summed E-state index contributed by atoms with van der Waals surface area (Å²) in [7, 11) is 0. The molecule has 0 saturated heterocycles. The first-order valence-electron chi connectivity index (χ1n) is 9.17. The number of rotatable bonds is 12. The summed E-state index contributed by atoms with van der Waals surface area (Å²) in [6.45, 7) is 2.99. The fourth-order valence-corrected chi connectivity index (χ4v) is 2.71. The van der Waals surface area contributed by atoms with Gasteiger partial charge in [0.2, 0.25) is 11.8 Å². The zero-order chi connectivity index (χ0) is 17.2. The number of aromatic nitrogens is 1. The van der Waals surface area contributed by atoms with Crippen molar-refractivity contribution >= 4 is 17.6 Å². The van der Waals surface area contributed by atoms with E-state index < -0.39 is 0 Å². The van der Waals surface area contributed by atoms with Crippen molar-refractivity contribution in [2.45, 2.75) is 64.7 Å². The molecular formula is C18H29N3O3. The molecule has 6 heteroatoms. The number of amides is 2. The maximum Gasteiger partial charge on any atom is 0.245 e. The van der Waals surface area contributed by atoms with Gasteiger partial charge in [0, 0.05) is 19.0 Å². The van der Waals surface area contributed by atoms with Gasteiger partial charge in [-0.3, -0.25) is 9.59 Å². The molecule has 0 radical (unpaired) electrons. The summed E-state index contributed by atoms with van der Waals surface area (Å²) in [5.74, 6) is 0.821. The van der Waals surface area contributed by atoms with Crippen molar-refractivity contribution in [3.05, 3.63) is 12.3 Å². The Morgan fingerprint density at radius 1 is 1.25 bits per heavy atom. The van der Waals surface area contributed by atoms with Crippen molar-refractivity contribution < 1.29 is 14.1 Å². The minimum atomic E-state index is -0.221. The van der Waals surface area contributed by atoms with Gasteiger partial charge in [0.15, 0.2) is 5.82 Å². The van der Waals surface area contributed by atoms with E-state index in [1.807, 2.05) is 0 Å². The Bertz CT molecular complexity index is 498. The van der Waals surface area contributed by atoms with E-state index in [1.54, 1.807) is 11.0 Å². The maximum absolute atomic E-state index is 12.4. The van der Waals surface area contributed by atoms with Crippen molar-refractivity contribution in [2.24, 2.45) is 5.92 Å². The lowest BCUT2D eigenvalue weighted by atomic mass is 10.1. The summed E-state index contributed by atoms with van der Waals surface area (Å²) in [5.41, 5.74) is 0. The number of unbranched alkanes of at least 4 members (excludes halogenated alkanes) is 5. The van der Waals surface area contributed by atoms with Crippen LogP contribution in [0.25, 0.3) is 0 Å². The molecular weight excluding hydrogens is 306 g/mol. The fourth-order valence-electron chi connectivity index (χ4n) is 2.71. The first kappa shape index (κ1) is 18.5. The van der Waals surface area contributed by atoms with Gasteiger partial charge >= 0.3 is 0 Å².